The van der Waals surface area contributed by atoms with Crippen molar-refractivity contribution in [3.8, 4) is 16.8 Å². The molecule has 0 radical (unpaired) electrons. The number of anilines is 1. The Morgan fingerprint density at radius 1 is 1.17 bits per heavy atom. The van der Waals surface area contributed by atoms with Gasteiger partial charge in [0.2, 0.25) is 0 Å². The molecule has 0 aliphatic carbocycles. The average molecular weight is 394 g/mol. The van der Waals surface area contributed by atoms with Gasteiger partial charge in [0.25, 0.3) is 0 Å². The largest absolute Gasteiger partial charge is 0.371 e. The molecule has 0 saturated carbocycles. The van der Waals surface area contributed by atoms with E-state index in [0.29, 0.717) is 34.8 Å². The van der Waals surface area contributed by atoms with Crippen LogP contribution in [0.2, 0.25) is 0 Å². The summed E-state index contributed by atoms with van der Waals surface area (Å²) in [7, 11) is 0. The van der Waals surface area contributed by atoms with E-state index in [9.17, 15) is 0 Å². The number of aromatic nitrogens is 5. The first-order valence-electron chi connectivity index (χ1n) is 9.51. The Labute approximate surface area is 166 Å². The van der Waals surface area contributed by atoms with Crippen LogP contribution in [0.1, 0.15) is 32.4 Å². The van der Waals surface area contributed by atoms with Gasteiger partial charge in [-0.1, -0.05) is 12.1 Å². The van der Waals surface area contributed by atoms with Gasteiger partial charge in [-0.05, 0) is 39.3 Å². The second-order valence-corrected chi connectivity index (χ2v) is 7.80. The topological polar surface area (TPSA) is 60.6 Å². The van der Waals surface area contributed by atoms with E-state index in [1.165, 1.54) is 6.07 Å². The molecular weight excluding hydrogens is 374 g/mol. The van der Waals surface area contributed by atoms with Gasteiger partial charge in [0, 0.05) is 18.0 Å². The molecule has 2 aromatic heterocycles. The maximum atomic E-state index is 15.9. The lowest BCUT2D eigenvalue weighted by molar-refractivity contribution is 0.517. The van der Waals surface area contributed by atoms with Crippen molar-refractivity contribution in [2.24, 2.45) is 0 Å². The molecule has 0 bridgehead atoms. The maximum Gasteiger partial charge on any atom is 0.162 e. The van der Waals surface area contributed by atoms with Crippen molar-refractivity contribution in [2.75, 3.05) is 5.32 Å². The van der Waals surface area contributed by atoms with Crippen LogP contribution in [0.15, 0.2) is 30.5 Å². The van der Waals surface area contributed by atoms with Gasteiger partial charge in [0.05, 0.1) is 28.5 Å². The zero-order chi connectivity index (χ0) is 20.5. The summed E-state index contributed by atoms with van der Waals surface area (Å²) < 4.78 is 34.6. The van der Waals surface area contributed by atoms with Crippen molar-refractivity contribution < 1.29 is 8.78 Å². The van der Waals surface area contributed by atoms with Gasteiger partial charge in [-0.2, -0.15) is 5.10 Å². The second kappa shape index (κ2) is 5.85. The molecule has 0 atom stereocenters. The summed E-state index contributed by atoms with van der Waals surface area (Å²) in [6.45, 7) is 8.21. The van der Waals surface area contributed by atoms with Gasteiger partial charge in [-0.15, -0.1) is 10.2 Å². The molecule has 3 heterocycles. The summed E-state index contributed by atoms with van der Waals surface area (Å²) in [5.74, 6) is -0.153. The molecule has 1 aliphatic heterocycles. The molecule has 29 heavy (non-hydrogen) atoms. The SMILES string of the molecule is CCn1ncc2c(-c3c(F)cc4c(c3F)-n3c(C)nnc3C(C)(C)N4)cccc21. The highest BCUT2D eigenvalue weighted by Crippen LogP contribution is 2.43. The van der Waals surface area contributed by atoms with Crippen molar-refractivity contribution in [1.82, 2.24) is 24.5 Å². The Balaban J connectivity index is 1.84. The molecule has 5 rings (SSSR count). The lowest BCUT2D eigenvalue weighted by Crippen LogP contribution is -2.36. The molecule has 0 saturated heterocycles. The van der Waals surface area contributed by atoms with Crippen molar-refractivity contribution in [3.63, 3.8) is 0 Å². The Bertz CT molecular complexity index is 1280. The lowest BCUT2D eigenvalue weighted by atomic mass is 9.95. The minimum absolute atomic E-state index is 0.0782. The predicted molar refractivity (Wildman–Crippen MR) is 107 cm³/mol. The van der Waals surface area contributed by atoms with Gasteiger partial charge in [-0.3, -0.25) is 9.25 Å². The normalized spacial score (nSPS) is 14.6. The molecule has 148 valence electrons. The van der Waals surface area contributed by atoms with Gasteiger partial charge in [0.1, 0.15) is 17.3 Å². The zero-order valence-electron chi connectivity index (χ0n) is 16.6. The number of hydrogen-bond acceptors (Lipinski definition) is 4. The zero-order valence-corrected chi connectivity index (χ0v) is 16.6. The Morgan fingerprint density at radius 3 is 2.72 bits per heavy atom. The number of halogens is 2. The van der Waals surface area contributed by atoms with Crippen LogP contribution < -0.4 is 5.32 Å². The quantitative estimate of drug-likeness (QED) is 0.542. The monoisotopic (exact) mass is 394 g/mol. The molecule has 4 aromatic rings. The number of hydrogen-bond donors (Lipinski definition) is 1. The summed E-state index contributed by atoms with van der Waals surface area (Å²) in [5.41, 5.74) is 1.22. The lowest BCUT2D eigenvalue weighted by Gasteiger charge is -2.34. The van der Waals surface area contributed by atoms with E-state index in [1.807, 2.05) is 26.8 Å². The molecule has 1 N–H and O–H groups in total. The highest BCUT2D eigenvalue weighted by Gasteiger charge is 2.37. The summed E-state index contributed by atoms with van der Waals surface area (Å²) in [5, 5.41) is 16.6. The number of rotatable bonds is 2. The van der Waals surface area contributed by atoms with Crippen LogP contribution in [0.25, 0.3) is 27.7 Å². The highest BCUT2D eigenvalue weighted by molar-refractivity contribution is 5.96. The minimum Gasteiger partial charge on any atom is -0.371 e. The summed E-state index contributed by atoms with van der Waals surface area (Å²) in [6, 6.07) is 6.76. The fraction of sp³-hybridized carbons (Fsp3) is 0.286. The third kappa shape index (κ3) is 2.35. The predicted octanol–water partition coefficient (Wildman–Crippen LogP) is 4.55. The molecule has 0 fully saturated rings. The molecule has 8 heteroatoms. The Morgan fingerprint density at radius 2 is 1.97 bits per heavy atom. The van der Waals surface area contributed by atoms with E-state index in [1.54, 1.807) is 34.5 Å². The van der Waals surface area contributed by atoms with Crippen molar-refractivity contribution in [1.29, 1.82) is 0 Å². The molecule has 0 unspecified atom stereocenters. The van der Waals surface area contributed by atoms with Gasteiger partial charge >= 0.3 is 0 Å². The highest BCUT2D eigenvalue weighted by atomic mass is 19.1. The summed E-state index contributed by atoms with van der Waals surface area (Å²) in [4.78, 5) is 0. The number of fused-ring (bicyclic) bond motifs is 4. The fourth-order valence-electron chi connectivity index (χ4n) is 4.17. The van der Waals surface area contributed by atoms with Crippen LogP contribution in [-0.4, -0.2) is 24.5 Å². The standard InChI is InChI=1S/C21H20F2N6/c1-5-28-16-8-6-7-12(13(16)10-24-28)17-14(22)9-15-19(18(17)23)29-11(2)26-27-20(29)21(3,4)25-15/h6-10,25H,5H2,1-4H3. The third-order valence-corrected chi connectivity index (χ3v) is 5.50. The van der Waals surface area contributed by atoms with Crippen LogP contribution in [0.3, 0.4) is 0 Å². The number of benzene rings is 2. The van der Waals surface area contributed by atoms with Gasteiger partial charge in [0.15, 0.2) is 11.6 Å². The van der Waals surface area contributed by atoms with Crippen LogP contribution in [0, 0.1) is 18.6 Å². The van der Waals surface area contributed by atoms with E-state index in [2.05, 4.69) is 20.6 Å². The molecular formula is C21H20F2N6. The second-order valence-electron chi connectivity index (χ2n) is 7.80. The first-order valence-corrected chi connectivity index (χ1v) is 9.51. The van der Waals surface area contributed by atoms with E-state index in [4.69, 9.17) is 0 Å². The Hall–Kier alpha value is -3.29. The van der Waals surface area contributed by atoms with Crippen LogP contribution in [0.5, 0.6) is 0 Å². The Kier molecular flexibility index (Phi) is 3.59. The molecule has 2 aromatic carbocycles. The minimum atomic E-state index is -0.649. The van der Waals surface area contributed by atoms with E-state index < -0.39 is 17.2 Å². The molecule has 0 amide bonds. The summed E-state index contributed by atoms with van der Waals surface area (Å²) >= 11 is 0. The van der Waals surface area contributed by atoms with Crippen molar-refractivity contribution >= 4 is 16.6 Å². The van der Waals surface area contributed by atoms with Crippen molar-refractivity contribution in [3.05, 3.63) is 53.7 Å². The first kappa shape index (κ1) is 17.8. The number of nitrogens with zero attached hydrogens (tertiary/aromatic N) is 5. The van der Waals surface area contributed by atoms with Crippen LogP contribution in [-0.2, 0) is 12.1 Å². The van der Waals surface area contributed by atoms with E-state index in [-0.39, 0.29) is 11.3 Å². The van der Waals surface area contributed by atoms with E-state index in [0.717, 1.165) is 5.52 Å². The first-order chi connectivity index (χ1) is 13.8. The third-order valence-electron chi connectivity index (χ3n) is 5.50. The fourth-order valence-corrected chi connectivity index (χ4v) is 4.17. The van der Waals surface area contributed by atoms with E-state index >= 15 is 8.78 Å². The smallest absolute Gasteiger partial charge is 0.162 e. The number of aryl methyl sites for hydroxylation is 2. The maximum absolute atomic E-state index is 15.9. The molecule has 6 nitrogen and oxygen atoms in total. The van der Waals surface area contributed by atoms with Crippen LogP contribution >= 0.6 is 0 Å². The van der Waals surface area contributed by atoms with Crippen LogP contribution in [0.4, 0.5) is 14.5 Å². The van der Waals surface area contributed by atoms with Crippen molar-refractivity contribution in [2.45, 2.75) is 39.8 Å². The average Bonchev–Trinajstić information content (AvgIpc) is 3.26. The molecule has 0 spiro atoms. The number of nitrogens with one attached hydrogen (secondary N) is 1. The van der Waals surface area contributed by atoms with Gasteiger partial charge < -0.3 is 5.32 Å². The molecule has 1 aliphatic rings. The summed E-state index contributed by atoms with van der Waals surface area (Å²) in [6.07, 6.45) is 1.66. The van der Waals surface area contributed by atoms with Gasteiger partial charge in [-0.25, -0.2) is 8.78 Å².